The van der Waals surface area contributed by atoms with Crippen molar-refractivity contribution in [1.82, 2.24) is 14.8 Å². The summed E-state index contributed by atoms with van der Waals surface area (Å²) in [6.07, 6.45) is 3.03. The summed E-state index contributed by atoms with van der Waals surface area (Å²) in [4.78, 5) is 3.94. The number of hydrogen-bond acceptors (Lipinski definition) is 3. The summed E-state index contributed by atoms with van der Waals surface area (Å²) in [5.41, 5.74) is 0.673. The van der Waals surface area contributed by atoms with E-state index in [0.717, 1.165) is 5.56 Å². The van der Waals surface area contributed by atoms with Gasteiger partial charge in [0.2, 0.25) is 0 Å². The number of aromatic nitrogens is 3. The first-order valence-electron chi connectivity index (χ1n) is 6.64. The van der Waals surface area contributed by atoms with Gasteiger partial charge in [-0.1, -0.05) is 32.9 Å². The Kier molecular flexibility index (Phi) is 4.18. The van der Waals surface area contributed by atoms with E-state index in [1.165, 1.54) is 18.5 Å². The zero-order valence-corrected chi connectivity index (χ0v) is 12.0. The molecule has 2 aromatic rings. The molecule has 2 rings (SSSR count). The van der Waals surface area contributed by atoms with E-state index in [2.05, 4.69) is 10.1 Å². The lowest BCUT2D eigenvalue weighted by Gasteiger charge is -2.33. The fourth-order valence-electron chi connectivity index (χ4n) is 2.18. The molecule has 1 aromatic heterocycles. The van der Waals surface area contributed by atoms with E-state index in [-0.39, 0.29) is 17.3 Å². The van der Waals surface area contributed by atoms with E-state index in [0.29, 0.717) is 6.42 Å². The van der Waals surface area contributed by atoms with Crippen LogP contribution in [0.3, 0.4) is 0 Å². The SMILES string of the molecule is CC(C)(C)C(O)C(Cc1ccc(F)cc1)n1cncn1. The lowest BCUT2D eigenvalue weighted by molar-refractivity contribution is 0.0124. The van der Waals surface area contributed by atoms with Crippen LogP contribution in [0.4, 0.5) is 4.39 Å². The summed E-state index contributed by atoms with van der Waals surface area (Å²) in [5.74, 6) is -0.262. The molecule has 0 radical (unpaired) electrons. The highest BCUT2D eigenvalue weighted by atomic mass is 19.1. The number of halogens is 1. The summed E-state index contributed by atoms with van der Waals surface area (Å²) in [7, 11) is 0. The minimum absolute atomic E-state index is 0.233. The van der Waals surface area contributed by atoms with Gasteiger partial charge in [0.25, 0.3) is 0 Å². The van der Waals surface area contributed by atoms with Gasteiger partial charge in [-0.3, -0.25) is 0 Å². The van der Waals surface area contributed by atoms with Crippen LogP contribution in [0.1, 0.15) is 32.4 Å². The average molecular weight is 277 g/mol. The van der Waals surface area contributed by atoms with E-state index in [1.807, 2.05) is 20.8 Å². The summed E-state index contributed by atoms with van der Waals surface area (Å²) >= 11 is 0. The predicted molar refractivity (Wildman–Crippen MR) is 74.6 cm³/mol. The van der Waals surface area contributed by atoms with Gasteiger partial charge >= 0.3 is 0 Å². The monoisotopic (exact) mass is 277 g/mol. The second-order valence-electron chi connectivity index (χ2n) is 6.08. The summed E-state index contributed by atoms with van der Waals surface area (Å²) in [6.45, 7) is 5.94. The maximum atomic E-state index is 13.0. The Morgan fingerprint density at radius 3 is 2.40 bits per heavy atom. The molecule has 4 nitrogen and oxygen atoms in total. The molecule has 5 heteroatoms. The molecule has 0 fully saturated rings. The van der Waals surface area contributed by atoms with Crippen LogP contribution in [0.15, 0.2) is 36.9 Å². The molecule has 0 aliphatic rings. The normalized spacial score (nSPS) is 15.1. The Hall–Kier alpha value is -1.75. The Balaban J connectivity index is 2.26. The Labute approximate surface area is 118 Å². The van der Waals surface area contributed by atoms with E-state index in [9.17, 15) is 9.50 Å². The number of rotatable bonds is 4. The first-order valence-corrected chi connectivity index (χ1v) is 6.64. The maximum absolute atomic E-state index is 13.0. The molecule has 0 spiro atoms. The zero-order chi connectivity index (χ0) is 14.8. The van der Waals surface area contributed by atoms with Crippen molar-refractivity contribution in [3.05, 3.63) is 48.3 Å². The predicted octanol–water partition coefficient (Wildman–Crippen LogP) is 2.61. The second kappa shape index (κ2) is 5.71. The summed E-state index contributed by atoms with van der Waals surface area (Å²) in [5, 5.41) is 14.7. The number of aliphatic hydroxyl groups is 1. The highest BCUT2D eigenvalue weighted by molar-refractivity contribution is 5.17. The Bertz CT molecular complexity index is 531. The van der Waals surface area contributed by atoms with Gasteiger partial charge in [0.15, 0.2) is 0 Å². The van der Waals surface area contributed by atoms with Gasteiger partial charge in [-0.15, -0.1) is 0 Å². The fraction of sp³-hybridized carbons (Fsp3) is 0.467. The van der Waals surface area contributed by atoms with Crippen molar-refractivity contribution >= 4 is 0 Å². The summed E-state index contributed by atoms with van der Waals surface area (Å²) < 4.78 is 14.6. The summed E-state index contributed by atoms with van der Waals surface area (Å²) in [6, 6.07) is 6.08. The Morgan fingerprint density at radius 1 is 1.25 bits per heavy atom. The second-order valence-corrected chi connectivity index (χ2v) is 6.08. The maximum Gasteiger partial charge on any atom is 0.137 e. The van der Waals surface area contributed by atoms with Gasteiger partial charge in [-0.2, -0.15) is 5.10 Å². The van der Waals surface area contributed by atoms with Crippen molar-refractivity contribution in [3.63, 3.8) is 0 Å². The lowest BCUT2D eigenvalue weighted by atomic mass is 9.82. The highest BCUT2D eigenvalue weighted by Crippen LogP contribution is 2.30. The van der Waals surface area contributed by atoms with Gasteiger partial charge in [0.05, 0.1) is 12.1 Å². The first-order chi connectivity index (χ1) is 9.38. The largest absolute Gasteiger partial charge is 0.390 e. The lowest BCUT2D eigenvalue weighted by Crippen LogP contribution is -2.37. The molecule has 0 amide bonds. The van der Waals surface area contributed by atoms with Crippen molar-refractivity contribution in [1.29, 1.82) is 0 Å². The molecule has 108 valence electrons. The molecule has 0 saturated heterocycles. The standard InChI is InChI=1S/C15H20FN3O/c1-15(2,3)14(20)13(19-10-17-9-18-19)8-11-4-6-12(16)7-5-11/h4-7,9-10,13-14,20H,8H2,1-3H3. The van der Waals surface area contributed by atoms with Crippen molar-refractivity contribution in [2.75, 3.05) is 0 Å². The first kappa shape index (κ1) is 14.7. The molecule has 2 unspecified atom stereocenters. The van der Waals surface area contributed by atoms with Crippen molar-refractivity contribution in [2.24, 2.45) is 5.41 Å². The quantitative estimate of drug-likeness (QED) is 0.934. The molecule has 20 heavy (non-hydrogen) atoms. The van der Waals surface area contributed by atoms with Crippen LogP contribution in [-0.4, -0.2) is 26.0 Å². The molecule has 0 aliphatic carbocycles. The van der Waals surface area contributed by atoms with E-state index in [1.54, 1.807) is 23.1 Å². The van der Waals surface area contributed by atoms with Crippen LogP contribution in [0.5, 0.6) is 0 Å². The topological polar surface area (TPSA) is 50.9 Å². The number of nitrogens with zero attached hydrogens (tertiary/aromatic N) is 3. The third kappa shape index (κ3) is 3.42. The van der Waals surface area contributed by atoms with E-state index >= 15 is 0 Å². The van der Waals surface area contributed by atoms with Gasteiger partial charge in [0.1, 0.15) is 18.5 Å². The number of aliphatic hydroxyl groups excluding tert-OH is 1. The average Bonchev–Trinajstić information content (AvgIpc) is 2.90. The minimum Gasteiger partial charge on any atom is -0.390 e. The van der Waals surface area contributed by atoms with Gasteiger partial charge in [-0.25, -0.2) is 14.1 Å². The van der Waals surface area contributed by atoms with Gasteiger partial charge < -0.3 is 5.11 Å². The zero-order valence-electron chi connectivity index (χ0n) is 12.0. The fourth-order valence-corrected chi connectivity index (χ4v) is 2.18. The van der Waals surface area contributed by atoms with Gasteiger partial charge in [0, 0.05) is 0 Å². The molecule has 1 aromatic carbocycles. The van der Waals surface area contributed by atoms with Crippen LogP contribution in [0.25, 0.3) is 0 Å². The van der Waals surface area contributed by atoms with E-state index in [4.69, 9.17) is 0 Å². The molecule has 2 atom stereocenters. The van der Waals surface area contributed by atoms with Crippen LogP contribution in [-0.2, 0) is 6.42 Å². The van der Waals surface area contributed by atoms with Crippen molar-refractivity contribution < 1.29 is 9.50 Å². The van der Waals surface area contributed by atoms with Crippen LogP contribution < -0.4 is 0 Å². The molecule has 0 saturated carbocycles. The highest BCUT2D eigenvalue weighted by Gasteiger charge is 2.32. The smallest absolute Gasteiger partial charge is 0.137 e. The molecule has 1 heterocycles. The van der Waals surface area contributed by atoms with Gasteiger partial charge in [-0.05, 0) is 29.5 Å². The number of benzene rings is 1. The van der Waals surface area contributed by atoms with E-state index < -0.39 is 6.10 Å². The van der Waals surface area contributed by atoms with Crippen LogP contribution in [0, 0.1) is 11.2 Å². The van der Waals surface area contributed by atoms with Crippen molar-refractivity contribution in [2.45, 2.75) is 39.3 Å². The molecular formula is C15H20FN3O. The van der Waals surface area contributed by atoms with Crippen LogP contribution in [0.2, 0.25) is 0 Å². The molecule has 0 bridgehead atoms. The van der Waals surface area contributed by atoms with Crippen molar-refractivity contribution in [3.8, 4) is 0 Å². The van der Waals surface area contributed by atoms with Crippen LogP contribution >= 0.6 is 0 Å². The number of hydrogen-bond donors (Lipinski definition) is 1. The molecular weight excluding hydrogens is 257 g/mol. The Morgan fingerprint density at radius 2 is 1.90 bits per heavy atom. The third-order valence-electron chi connectivity index (χ3n) is 3.39. The minimum atomic E-state index is -0.589. The third-order valence-corrected chi connectivity index (χ3v) is 3.39. The molecule has 1 N–H and O–H groups in total. The molecule has 0 aliphatic heterocycles.